The van der Waals surface area contributed by atoms with Crippen LogP contribution < -0.4 is 9.62 Å². The Bertz CT molecular complexity index is 1390. The zero-order chi connectivity index (χ0) is 27.9. The topological polar surface area (TPSA) is 86.8 Å². The van der Waals surface area contributed by atoms with E-state index in [-0.39, 0.29) is 32.7 Å². The van der Waals surface area contributed by atoms with Crippen molar-refractivity contribution in [2.75, 3.05) is 17.4 Å². The van der Waals surface area contributed by atoms with Crippen LogP contribution in [0.4, 0.5) is 10.1 Å². The molecule has 0 fully saturated rings. The molecule has 0 saturated heterocycles. The number of nitrogens with one attached hydrogen (secondary N) is 1. The maximum absolute atomic E-state index is 14.5. The average molecular weight is 581 g/mol. The number of benzene rings is 3. The average Bonchev–Trinajstić information content (AvgIpc) is 2.90. The van der Waals surface area contributed by atoms with E-state index in [0.717, 1.165) is 9.21 Å². The molecule has 0 aliphatic carbocycles. The molecular formula is C27H28Cl2FN3O4S. The van der Waals surface area contributed by atoms with E-state index < -0.39 is 40.2 Å². The molecule has 7 nitrogen and oxygen atoms in total. The Labute approximate surface area is 232 Å². The van der Waals surface area contributed by atoms with E-state index in [1.165, 1.54) is 55.5 Å². The number of carbonyl (C=O) groups excluding carboxylic acids is 2. The number of anilines is 1. The van der Waals surface area contributed by atoms with Crippen LogP contribution in [0.2, 0.25) is 10.0 Å². The molecule has 2 amide bonds. The number of carbonyl (C=O) groups is 2. The van der Waals surface area contributed by atoms with Crippen LogP contribution in [-0.2, 0) is 26.2 Å². The number of rotatable bonds is 11. The molecule has 38 heavy (non-hydrogen) atoms. The van der Waals surface area contributed by atoms with Gasteiger partial charge in [0, 0.05) is 23.7 Å². The summed E-state index contributed by atoms with van der Waals surface area (Å²) in [5.74, 6) is -1.72. The number of nitrogens with zero attached hydrogens (tertiary/aromatic N) is 2. The Morgan fingerprint density at radius 2 is 1.66 bits per heavy atom. The predicted octanol–water partition coefficient (Wildman–Crippen LogP) is 5.27. The van der Waals surface area contributed by atoms with Gasteiger partial charge in [0.05, 0.1) is 15.6 Å². The second kappa shape index (κ2) is 13.1. The highest BCUT2D eigenvalue weighted by Crippen LogP contribution is 2.33. The number of hydrogen-bond donors (Lipinski definition) is 1. The van der Waals surface area contributed by atoms with E-state index in [4.69, 9.17) is 23.2 Å². The lowest BCUT2D eigenvalue weighted by atomic mass is 10.1. The van der Waals surface area contributed by atoms with Gasteiger partial charge in [-0.05, 0) is 49.7 Å². The van der Waals surface area contributed by atoms with Crippen LogP contribution in [0.25, 0.3) is 0 Å². The van der Waals surface area contributed by atoms with E-state index in [0.29, 0.717) is 13.0 Å². The van der Waals surface area contributed by atoms with E-state index in [9.17, 15) is 22.4 Å². The lowest BCUT2D eigenvalue weighted by molar-refractivity contribution is -0.139. The zero-order valence-corrected chi connectivity index (χ0v) is 23.2. The van der Waals surface area contributed by atoms with Crippen molar-refractivity contribution >= 4 is 50.7 Å². The first-order chi connectivity index (χ1) is 18.1. The van der Waals surface area contributed by atoms with Crippen LogP contribution in [0, 0.1) is 5.82 Å². The third kappa shape index (κ3) is 7.03. The number of halogens is 3. The van der Waals surface area contributed by atoms with Crippen molar-refractivity contribution in [2.24, 2.45) is 0 Å². The maximum Gasteiger partial charge on any atom is 0.264 e. The van der Waals surface area contributed by atoms with Gasteiger partial charge in [0.25, 0.3) is 10.0 Å². The summed E-state index contributed by atoms with van der Waals surface area (Å²) in [5.41, 5.74) is 0.209. The summed E-state index contributed by atoms with van der Waals surface area (Å²) in [4.78, 5) is 27.7. The molecule has 0 aliphatic heterocycles. The van der Waals surface area contributed by atoms with E-state index in [1.54, 1.807) is 24.3 Å². The molecule has 0 bridgehead atoms. The van der Waals surface area contributed by atoms with Crippen LogP contribution in [0.1, 0.15) is 25.8 Å². The van der Waals surface area contributed by atoms with Crippen molar-refractivity contribution in [3.8, 4) is 0 Å². The normalized spacial score (nSPS) is 12.0. The fourth-order valence-electron chi connectivity index (χ4n) is 3.71. The molecular weight excluding hydrogens is 552 g/mol. The van der Waals surface area contributed by atoms with Crippen LogP contribution in [0.15, 0.2) is 77.7 Å². The zero-order valence-electron chi connectivity index (χ0n) is 20.9. The summed E-state index contributed by atoms with van der Waals surface area (Å²) in [5, 5.41) is 3.03. The minimum Gasteiger partial charge on any atom is -0.354 e. The molecule has 0 saturated carbocycles. The highest BCUT2D eigenvalue weighted by atomic mass is 35.5. The van der Waals surface area contributed by atoms with Gasteiger partial charge in [0.2, 0.25) is 11.8 Å². The third-order valence-corrected chi connectivity index (χ3v) is 8.12. The molecule has 11 heteroatoms. The summed E-state index contributed by atoms with van der Waals surface area (Å²) in [6.45, 7) is 2.84. The second-order valence-corrected chi connectivity index (χ2v) is 11.2. The first kappa shape index (κ1) is 29.4. The van der Waals surface area contributed by atoms with Gasteiger partial charge in [-0.3, -0.25) is 13.9 Å². The van der Waals surface area contributed by atoms with Gasteiger partial charge in [0.1, 0.15) is 18.4 Å². The van der Waals surface area contributed by atoms with E-state index in [2.05, 4.69) is 5.32 Å². The first-order valence-electron chi connectivity index (χ1n) is 11.9. The number of sulfonamides is 1. The van der Waals surface area contributed by atoms with Crippen LogP contribution in [0.3, 0.4) is 0 Å². The molecule has 0 unspecified atom stereocenters. The Hall–Kier alpha value is -3.14. The van der Waals surface area contributed by atoms with Crippen molar-refractivity contribution in [1.82, 2.24) is 10.2 Å². The molecule has 3 aromatic carbocycles. The Balaban J connectivity index is 2.05. The van der Waals surface area contributed by atoms with Crippen LogP contribution in [-0.4, -0.2) is 44.3 Å². The Morgan fingerprint density at radius 1 is 1.00 bits per heavy atom. The van der Waals surface area contributed by atoms with E-state index >= 15 is 0 Å². The van der Waals surface area contributed by atoms with Crippen LogP contribution >= 0.6 is 23.2 Å². The number of amides is 2. The van der Waals surface area contributed by atoms with Crippen LogP contribution in [0.5, 0.6) is 0 Å². The first-order valence-corrected chi connectivity index (χ1v) is 14.1. The molecule has 3 rings (SSSR count). The van der Waals surface area contributed by atoms with E-state index in [1.807, 2.05) is 6.92 Å². The van der Waals surface area contributed by atoms with Gasteiger partial charge < -0.3 is 10.2 Å². The molecule has 1 N–H and O–H groups in total. The molecule has 3 aromatic rings. The molecule has 1 atom stereocenters. The molecule has 0 spiro atoms. The standard InChI is InChI=1S/C27H28Cl2FN3O4S/c1-3-15-31-27(35)19(2)32(17-20-9-7-8-12-24(20)30)26(34)18-33(25-14-13-21(28)16-23(25)29)38(36,37)22-10-5-4-6-11-22/h4-14,16,19H,3,15,17-18H2,1-2H3,(H,31,35)/t19-/m0/s1. The summed E-state index contributed by atoms with van der Waals surface area (Å²) < 4.78 is 42.8. The summed E-state index contributed by atoms with van der Waals surface area (Å²) in [6.07, 6.45) is 0.678. The second-order valence-electron chi connectivity index (χ2n) is 8.50. The largest absolute Gasteiger partial charge is 0.354 e. The fourth-order valence-corrected chi connectivity index (χ4v) is 5.72. The molecule has 0 heterocycles. The fraction of sp³-hybridized carbons (Fsp3) is 0.259. The van der Waals surface area contributed by atoms with Crippen molar-refractivity contribution < 1.29 is 22.4 Å². The summed E-state index contributed by atoms with van der Waals surface area (Å²) >= 11 is 12.4. The molecule has 0 radical (unpaired) electrons. The summed E-state index contributed by atoms with van der Waals surface area (Å²) in [6, 6.07) is 16.7. The van der Waals surface area contributed by atoms with Gasteiger partial charge in [-0.2, -0.15) is 0 Å². The summed E-state index contributed by atoms with van der Waals surface area (Å²) in [7, 11) is -4.28. The number of hydrogen-bond acceptors (Lipinski definition) is 4. The smallest absolute Gasteiger partial charge is 0.264 e. The maximum atomic E-state index is 14.5. The Kier molecular flexibility index (Phi) is 10.1. The SMILES string of the molecule is CCCNC(=O)[C@H](C)N(Cc1ccccc1F)C(=O)CN(c1ccc(Cl)cc1Cl)S(=O)(=O)c1ccccc1. The minimum atomic E-state index is -4.28. The van der Waals surface area contributed by atoms with Gasteiger partial charge in [0.15, 0.2) is 0 Å². The quantitative estimate of drug-likeness (QED) is 0.335. The lowest BCUT2D eigenvalue weighted by Gasteiger charge is -2.32. The molecule has 202 valence electrons. The van der Waals surface area contributed by atoms with Gasteiger partial charge in [-0.25, -0.2) is 12.8 Å². The Morgan fingerprint density at radius 3 is 2.29 bits per heavy atom. The monoisotopic (exact) mass is 579 g/mol. The third-order valence-electron chi connectivity index (χ3n) is 5.80. The highest BCUT2D eigenvalue weighted by molar-refractivity contribution is 7.92. The minimum absolute atomic E-state index is 0.0131. The van der Waals surface area contributed by atoms with Crippen molar-refractivity contribution in [2.45, 2.75) is 37.8 Å². The van der Waals surface area contributed by atoms with Gasteiger partial charge in [-0.1, -0.05) is 66.5 Å². The highest BCUT2D eigenvalue weighted by Gasteiger charge is 2.33. The predicted molar refractivity (Wildman–Crippen MR) is 147 cm³/mol. The van der Waals surface area contributed by atoms with Crippen molar-refractivity contribution in [3.05, 3.63) is 94.2 Å². The van der Waals surface area contributed by atoms with Crippen molar-refractivity contribution in [3.63, 3.8) is 0 Å². The molecule has 0 aromatic heterocycles. The van der Waals surface area contributed by atoms with Crippen molar-refractivity contribution in [1.29, 1.82) is 0 Å². The molecule has 0 aliphatic rings. The van der Waals surface area contributed by atoms with Gasteiger partial charge in [-0.15, -0.1) is 0 Å². The lowest BCUT2D eigenvalue weighted by Crippen LogP contribution is -2.51. The van der Waals surface area contributed by atoms with Gasteiger partial charge >= 0.3 is 0 Å².